The van der Waals surface area contributed by atoms with Gasteiger partial charge in [-0.25, -0.2) is 9.13 Å². The summed E-state index contributed by atoms with van der Waals surface area (Å²) in [6.07, 6.45) is 71.8. The van der Waals surface area contributed by atoms with Gasteiger partial charge in [-0.2, -0.15) is 0 Å². The third kappa shape index (κ3) is 77.5. The lowest BCUT2D eigenvalue weighted by molar-refractivity contribution is -0.161. The number of hydrogen-bond donors (Lipinski definition) is 3. The number of ether oxygens (including phenoxy) is 4. The number of phosphoric acid groups is 2. The molecule has 0 fully saturated rings. The zero-order valence-corrected chi connectivity index (χ0v) is 68.7. The Balaban J connectivity index is 5.21. The molecule has 0 radical (unpaired) electrons. The number of carbonyl (C=O) groups excluding carboxylic acids is 4. The topological polar surface area (TPSA) is 237 Å². The van der Waals surface area contributed by atoms with E-state index >= 15 is 0 Å². The van der Waals surface area contributed by atoms with Crippen molar-refractivity contribution in [3.05, 3.63) is 24.3 Å². The fraction of sp³-hybridized carbons (Fsp3) is 0.905. The molecule has 17 nitrogen and oxygen atoms in total. The maximum atomic E-state index is 13.1. The number of esters is 4. The van der Waals surface area contributed by atoms with Crippen molar-refractivity contribution in [2.45, 2.75) is 445 Å². The van der Waals surface area contributed by atoms with E-state index in [1.54, 1.807) is 0 Å². The second-order valence-corrected chi connectivity index (χ2v) is 32.9. The van der Waals surface area contributed by atoms with Gasteiger partial charge in [-0.1, -0.05) is 374 Å². The first-order valence-corrected chi connectivity index (χ1v) is 45.9. The average molecular weight is 1500 g/mol. The molecular formula is C84H160O17P2. The Morgan fingerprint density at radius 2 is 0.524 bits per heavy atom. The molecule has 103 heavy (non-hydrogen) atoms. The van der Waals surface area contributed by atoms with Crippen LogP contribution in [0.15, 0.2) is 24.3 Å². The number of phosphoric ester groups is 2. The van der Waals surface area contributed by atoms with Crippen molar-refractivity contribution in [2.24, 2.45) is 5.92 Å². The predicted molar refractivity (Wildman–Crippen MR) is 423 cm³/mol. The van der Waals surface area contributed by atoms with Crippen molar-refractivity contribution >= 4 is 39.5 Å². The minimum absolute atomic E-state index is 0.0853. The highest BCUT2D eigenvalue weighted by Crippen LogP contribution is 2.45. The third-order valence-corrected chi connectivity index (χ3v) is 21.1. The van der Waals surface area contributed by atoms with E-state index in [2.05, 4.69) is 58.9 Å². The van der Waals surface area contributed by atoms with Crippen LogP contribution in [0.4, 0.5) is 0 Å². The van der Waals surface area contributed by atoms with Gasteiger partial charge in [0.15, 0.2) is 12.2 Å². The highest BCUT2D eigenvalue weighted by Gasteiger charge is 2.30. The van der Waals surface area contributed by atoms with Crippen LogP contribution in [-0.4, -0.2) is 96.7 Å². The van der Waals surface area contributed by atoms with Gasteiger partial charge in [0, 0.05) is 25.7 Å². The summed E-state index contributed by atoms with van der Waals surface area (Å²) in [7, 11) is -9.93. The number of aliphatic hydroxyl groups excluding tert-OH is 1. The van der Waals surface area contributed by atoms with E-state index in [1.165, 1.54) is 231 Å². The molecule has 2 unspecified atom stereocenters. The van der Waals surface area contributed by atoms with Crippen molar-refractivity contribution in [2.75, 3.05) is 39.6 Å². The molecule has 19 heteroatoms. The SMILES string of the molecule is CCCCCC/C=C\C=C/CCCCCCCC(=O)O[C@H](COC(=O)CCCCCCCCCC)COP(=O)(O)OC[C@H](O)COP(=O)(O)OC[C@@H](COC(=O)CCCCCCCCCCCCCCCCCC(C)C)OC(=O)CCCCCCCCCCCCCCCCCCCCCCCC. The Hall–Kier alpha value is -2.46. The van der Waals surface area contributed by atoms with Gasteiger partial charge in [-0.15, -0.1) is 0 Å². The Bertz CT molecular complexity index is 2060. The molecule has 0 aliphatic carbocycles. The van der Waals surface area contributed by atoms with Crippen LogP contribution in [-0.2, 0) is 65.4 Å². The summed E-state index contributed by atoms with van der Waals surface area (Å²) in [6, 6.07) is 0. The standard InChI is InChI=1S/C84H160O17P2/c1-6-9-12-15-18-21-23-25-27-28-29-30-31-32-33-37-42-46-50-55-60-65-70-84(89)101-80(74-95-82(87)68-63-58-53-48-44-40-38-34-36-39-43-47-51-56-61-66-77(4)5)76-99-103(92,93)97-72-78(85)71-96-102(90,91)98-75-79(73-94-81(86)67-62-57-52-20-17-14-11-8-3)100-83(88)69-64-59-54-49-45-41-35-26-24-22-19-16-13-10-7-2/h22,24,26,35,77-80,85H,6-21,23,25,27-34,36-76H2,1-5H3,(H,90,91)(H,92,93)/b24-22-,35-26-/t78-,79+,80+/m0/s1. The quantitative estimate of drug-likeness (QED) is 0.0169. The lowest BCUT2D eigenvalue weighted by atomic mass is 10.0. The summed E-state index contributed by atoms with van der Waals surface area (Å²) in [5.74, 6) is -1.33. The van der Waals surface area contributed by atoms with E-state index in [4.69, 9.17) is 37.0 Å². The first-order chi connectivity index (χ1) is 50.0. The fourth-order valence-corrected chi connectivity index (χ4v) is 14.2. The molecule has 0 saturated heterocycles. The zero-order valence-electron chi connectivity index (χ0n) is 66.9. The smallest absolute Gasteiger partial charge is 0.462 e. The molecule has 608 valence electrons. The van der Waals surface area contributed by atoms with Gasteiger partial charge in [0.1, 0.15) is 19.3 Å². The van der Waals surface area contributed by atoms with Crippen LogP contribution >= 0.6 is 15.6 Å². The molecule has 0 spiro atoms. The Morgan fingerprint density at radius 1 is 0.301 bits per heavy atom. The van der Waals surface area contributed by atoms with Crippen molar-refractivity contribution in [1.29, 1.82) is 0 Å². The molecule has 0 aliphatic rings. The van der Waals surface area contributed by atoms with Crippen LogP contribution < -0.4 is 0 Å². The summed E-state index contributed by atoms with van der Waals surface area (Å²) in [4.78, 5) is 73.0. The van der Waals surface area contributed by atoms with Crippen molar-refractivity contribution in [1.82, 2.24) is 0 Å². The molecule has 5 atom stereocenters. The van der Waals surface area contributed by atoms with Gasteiger partial charge in [-0.05, 0) is 57.3 Å². The van der Waals surface area contributed by atoms with Crippen LogP contribution in [0.2, 0.25) is 0 Å². The van der Waals surface area contributed by atoms with Crippen LogP contribution in [0.1, 0.15) is 426 Å². The molecule has 0 aromatic heterocycles. The molecule has 3 N–H and O–H groups in total. The van der Waals surface area contributed by atoms with Crippen molar-refractivity contribution < 1.29 is 80.2 Å². The van der Waals surface area contributed by atoms with Gasteiger partial charge in [0.2, 0.25) is 0 Å². The molecule has 0 saturated carbocycles. The van der Waals surface area contributed by atoms with E-state index in [0.717, 1.165) is 115 Å². The van der Waals surface area contributed by atoms with E-state index in [9.17, 15) is 43.2 Å². The lowest BCUT2D eigenvalue weighted by Crippen LogP contribution is -2.30. The minimum Gasteiger partial charge on any atom is -0.462 e. The monoisotopic (exact) mass is 1500 g/mol. The van der Waals surface area contributed by atoms with Crippen molar-refractivity contribution in [3.8, 4) is 0 Å². The number of allylic oxidation sites excluding steroid dienone is 4. The van der Waals surface area contributed by atoms with Gasteiger partial charge >= 0.3 is 39.5 Å². The highest BCUT2D eigenvalue weighted by atomic mass is 31.2. The number of carbonyl (C=O) groups is 4. The van der Waals surface area contributed by atoms with Crippen LogP contribution in [0.5, 0.6) is 0 Å². The fourth-order valence-electron chi connectivity index (χ4n) is 12.6. The van der Waals surface area contributed by atoms with E-state index in [1.807, 2.05) is 0 Å². The summed E-state index contributed by atoms with van der Waals surface area (Å²) >= 11 is 0. The second kappa shape index (κ2) is 76.3. The van der Waals surface area contributed by atoms with E-state index < -0.39 is 97.5 Å². The van der Waals surface area contributed by atoms with Gasteiger partial charge in [0.05, 0.1) is 26.4 Å². The molecule has 0 rings (SSSR count). The molecule has 0 aliphatic heterocycles. The average Bonchev–Trinajstić information content (AvgIpc) is 0.929. The summed E-state index contributed by atoms with van der Waals surface area (Å²) in [5.41, 5.74) is 0. The normalized spacial score (nSPS) is 14.0. The molecule has 0 aromatic rings. The summed E-state index contributed by atoms with van der Waals surface area (Å²) in [5, 5.41) is 10.6. The Kier molecular flexibility index (Phi) is 74.5. The summed E-state index contributed by atoms with van der Waals surface area (Å²) in [6.45, 7) is 7.27. The second-order valence-electron chi connectivity index (χ2n) is 30.0. The Labute approximate surface area is 631 Å². The molecular weight excluding hydrogens is 1340 g/mol. The van der Waals surface area contributed by atoms with E-state index in [-0.39, 0.29) is 25.7 Å². The first kappa shape index (κ1) is 101. The number of aliphatic hydroxyl groups is 1. The van der Waals surface area contributed by atoms with Crippen molar-refractivity contribution in [3.63, 3.8) is 0 Å². The molecule has 0 amide bonds. The zero-order chi connectivity index (χ0) is 75.5. The van der Waals surface area contributed by atoms with Crippen LogP contribution in [0, 0.1) is 5.92 Å². The lowest BCUT2D eigenvalue weighted by Gasteiger charge is -2.21. The molecule has 0 heterocycles. The molecule has 0 bridgehead atoms. The highest BCUT2D eigenvalue weighted by molar-refractivity contribution is 7.47. The van der Waals surface area contributed by atoms with Gasteiger partial charge < -0.3 is 33.8 Å². The third-order valence-electron chi connectivity index (χ3n) is 19.2. The largest absolute Gasteiger partial charge is 0.472 e. The first-order valence-electron chi connectivity index (χ1n) is 43.0. The maximum Gasteiger partial charge on any atom is 0.472 e. The van der Waals surface area contributed by atoms with Crippen LogP contribution in [0.25, 0.3) is 0 Å². The van der Waals surface area contributed by atoms with Gasteiger partial charge in [0.25, 0.3) is 0 Å². The number of unbranched alkanes of at least 4 members (excludes halogenated alkanes) is 51. The van der Waals surface area contributed by atoms with E-state index in [0.29, 0.717) is 25.7 Å². The minimum atomic E-state index is -4.97. The number of hydrogen-bond acceptors (Lipinski definition) is 15. The number of rotatable bonds is 82. The maximum absolute atomic E-state index is 13.1. The molecule has 0 aromatic carbocycles. The van der Waals surface area contributed by atoms with Gasteiger partial charge in [-0.3, -0.25) is 37.3 Å². The Morgan fingerprint density at radius 3 is 0.796 bits per heavy atom. The predicted octanol–water partition coefficient (Wildman–Crippen LogP) is 25.1. The van der Waals surface area contributed by atoms with Crippen LogP contribution in [0.3, 0.4) is 0 Å². The summed E-state index contributed by atoms with van der Waals surface area (Å²) < 4.78 is 68.7.